The number of nitrogens with one attached hydrogen (secondary N) is 1. The molecule has 2 rings (SSSR count). The maximum atomic E-state index is 11.0. The Morgan fingerprint density at radius 1 is 1.30 bits per heavy atom. The van der Waals surface area contributed by atoms with Crippen LogP contribution in [0.25, 0.3) is 0 Å². The zero-order valence-electron chi connectivity index (χ0n) is 11.2. The first-order chi connectivity index (χ1) is 9.61. The first kappa shape index (κ1) is 14.5. The van der Waals surface area contributed by atoms with Crippen LogP contribution in [0.4, 0.5) is 5.69 Å². The summed E-state index contributed by atoms with van der Waals surface area (Å²) < 4.78 is 0. The van der Waals surface area contributed by atoms with E-state index in [1.165, 1.54) is 17.8 Å². The Hall–Kier alpha value is -1.92. The molecule has 6 heteroatoms. The molecule has 1 aromatic heterocycles. The number of aromatic nitrogens is 1. The van der Waals surface area contributed by atoms with Crippen LogP contribution in [0, 0.1) is 10.1 Å². The Morgan fingerprint density at radius 2 is 2.05 bits per heavy atom. The molecule has 20 heavy (non-hydrogen) atoms. The van der Waals surface area contributed by atoms with Gasteiger partial charge in [0.1, 0.15) is 0 Å². The number of nitrogens with zero attached hydrogens (tertiary/aromatic N) is 2. The fourth-order valence-electron chi connectivity index (χ4n) is 1.68. The topological polar surface area (TPSA) is 68.1 Å². The highest BCUT2D eigenvalue weighted by atomic mass is 32.2. The quantitative estimate of drug-likeness (QED) is 0.674. The number of pyridine rings is 1. The summed E-state index contributed by atoms with van der Waals surface area (Å²) in [4.78, 5) is 16.5. The van der Waals surface area contributed by atoms with Gasteiger partial charge >= 0.3 is 0 Å². The molecule has 0 aliphatic rings. The summed E-state index contributed by atoms with van der Waals surface area (Å²) in [5, 5.41) is 14.1. The number of benzene rings is 1. The van der Waals surface area contributed by atoms with Gasteiger partial charge in [0, 0.05) is 23.2 Å². The first-order valence-corrected chi connectivity index (χ1v) is 6.98. The highest BCUT2D eigenvalue weighted by Gasteiger charge is 2.13. The van der Waals surface area contributed by atoms with Crippen LogP contribution >= 0.6 is 11.8 Å². The van der Waals surface area contributed by atoms with Crippen molar-refractivity contribution in [3.8, 4) is 0 Å². The minimum atomic E-state index is -0.368. The lowest BCUT2D eigenvalue weighted by Gasteiger charge is -2.09. The van der Waals surface area contributed by atoms with Crippen molar-refractivity contribution < 1.29 is 4.92 Å². The molecule has 0 bridgehead atoms. The zero-order valence-corrected chi connectivity index (χ0v) is 12.1. The second kappa shape index (κ2) is 6.49. The monoisotopic (exact) mass is 289 g/mol. The molecule has 0 saturated carbocycles. The molecule has 2 aromatic rings. The van der Waals surface area contributed by atoms with Crippen LogP contribution in [0.3, 0.4) is 0 Å². The summed E-state index contributed by atoms with van der Waals surface area (Å²) in [5.74, 6) is 0. The van der Waals surface area contributed by atoms with Gasteiger partial charge in [0.2, 0.25) is 0 Å². The van der Waals surface area contributed by atoms with E-state index in [1.807, 2.05) is 26.1 Å². The molecule has 0 fully saturated rings. The summed E-state index contributed by atoms with van der Waals surface area (Å²) >= 11 is 1.35. The second-order valence-electron chi connectivity index (χ2n) is 4.26. The normalized spacial score (nSPS) is 12.1. The molecule has 0 aliphatic carbocycles. The van der Waals surface area contributed by atoms with Crippen molar-refractivity contribution in [1.29, 1.82) is 0 Å². The molecule has 104 valence electrons. The van der Waals surface area contributed by atoms with E-state index in [0.29, 0.717) is 4.90 Å². The van der Waals surface area contributed by atoms with Gasteiger partial charge in [-0.1, -0.05) is 23.9 Å². The van der Waals surface area contributed by atoms with E-state index >= 15 is 0 Å². The molecular weight excluding hydrogens is 274 g/mol. The molecule has 0 saturated heterocycles. The number of hydrogen-bond donors (Lipinski definition) is 1. The molecule has 0 amide bonds. The van der Waals surface area contributed by atoms with Gasteiger partial charge in [0.05, 0.1) is 15.5 Å². The minimum Gasteiger partial charge on any atom is -0.312 e. The van der Waals surface area contributed by atoms with Crippen LogP contribution in [0.2, 0.25) is 0 Å². The van der Waals surface area contributed by atoms with Crippen LogP contribution in [-0.4, -0.2) is 17.0 Å². The Morgan fingerprint density at radius 3 is 2.65 bits per heavy atom. The zero-order chi connectivity index (χ0) is 14.5. The van der Waals surface area contributed by atoms with Gasteiger partial charge in [0.15, 0.2) is 0 Å². The largest absolute Gasteiger partial charge is 0.312 e. The average Bonchev–Trinajstić information content (AvgIpc) is 2.47. The van der Waals surface area contributed by atoms with Crippen molar-refractivity contribution in [2.75, 3.05) is 7.05 Å². The molecule has 5 nitrogen and oxygen atoms in total. The Kier molecular flexibility index (Phi) is 4.70. The van der Waals surface area contributed by atoms with Gasteiger partial charge in [-0.2, -0.15) is 0 Å². The fourth-order valence-corrected chi connectivity index (χ4v) is 2.57. The van der Waals surface area contributed by atoms with Crippen molar-refractivity contribution in [2.24, 2.45) is 0 Å². The highest BCUT2D eigenvalue weighted by Crippen LogP contribution is 2.34. The molecule has 0 aliphatic heterocycles. The summed E-state index contributed by atoms with van der Waals surface area (Å²) in [6, 6.07) is 10.7. The van der Waals surface area contributed by atoms with E-state index in [2.05, 4.69) is 10.3 Å². The SMILES string of the molecule is CNC(C)c1ccc(Sc2ccccc2[N+](=O)[O-])cn1. The number of rotatable bonds is 5. The lowest BCUT2D eigenvalue weighted by Crippen LogP contribution is -2.13. The van der Waals surface area contributed by atoms with Crippen molar-refractivity contribution in [3.05, 3.63) is 58.4 Å². The average molecular weight is 289 g/mol. The third-order valence-electron chi connectivity index (χ3n) is 2.93. The first-order valence-electron chi connectivity index (χ1n) is 6.16. The molecule has 1 atom stereocenters. The van der Waals surface area contributed by atoms with Crippen molar-refractivity contribution in [1.82, 2.24) is 10.3 Å². The lowest BCUT2D eigenvalue weighted by molar-refractivity contribution is -0.387. The van der Waals surface area contributed by atoms with Crippen LogP contribution < -0.4 is 5.32 Å². The summed E-state index contributed by atoms with van der Waals surface area (Å²) in [5.41, 5.74) is 1.06. The summed E-state index contributed by atoms with van der Waals surface area (Å²) in [6.07, 6.45) is 1.74. The Labute approximate surface area is 121 Å². The number of nitro groups is 1. The number of hydrogen-bond acceptors (Lipinski definition) is 5. The van der Waals surface area contributed by atoms with Gasteiger partial charge in [-0.3, -0.25) is 15.1 Å². The maximum absolute atomic E-state index is 11.0. The Balaban J connectivity index is 2.20. The van der Waals surface area contributed by atoms with E-state index < -0.39 is 0 Å². The number of para-hydroxylation sites is 1. The van der Waals surface area contributed by atoms with Gasteiger partial charge in [-0.15, -0.1) is 0 Å². The maximum Gasteiger partial charge on any atom is 0.283 e. The molecule has 0 radical (unpaired) electrons. The Bertz CT molecular complexity index is 602. The second-order valence-corrected chi connectivity index (χ2v) is 5.37. The third kappa shape index (κ3) is 3.34. The van der Waals surface area contributed by atoms with E-state index in [1.54, 1.807) is 24.4 Å². The molecule has 1 heterocycles. The van der Waals surface area contributed by atoms with Gasteiger partial charge in [0.25, 0.3) is 5.69 Å². The van der Waals surface area contributed by atoms with Crippen molar-refractivity contribution >= 4 is 17.4 Å². The van der Waals surface area contributed by atoms with Crippen molar-refractivity contribution in [3.63, 3.8) is 0 Å². The van der Waals surface area contributed by atoms with E-state index in [4.69, 9.17) is 0 Å². The predicted octanol–water partition coefficient (Wildman–Crippen LogP) is 3.42. The fraction of sp³-hybridized carbons (Fsp3) is 0.214. The van der Waals surface area contributed by atoms with E-state index in [9.17, 15) is 10.1 Å². The van der Waals surface area contributed by atoms with Gasteiger partial charge < -0.3 is 5.32 Å². The smallest absolute Gasteiger partial charge is 0.283 e. The molecule has 1 unspecified atom stereocenters. The summed E-state index contributed by atoms with van der Waals surface area (Å²) in [7, 11) is 1.88. The van der Waals surface area contributed by atoms with Crippen LogP contribution in [-0.2, 0) is 0 Å². The molecule has 1 N–H and O–H groups in total. The van der Waals surface area contributed by atoms with E-state index in [0.717, 1.165) is 10.6 Å². The molecule has 1 aromatic carbocycles. The standard InChI is InChI=1S/C14H15N3O2S/c1-10(15-2)12-8-7-11(9-16-12)20-14-6-4-3-5-13(14)17(18)19/h3-10,15H,1-2H3. The van der Waals surface area contributed by atoms with Crippen LogP contribution in [0.5, 0.6) is 0 Å². The van der Waals surface area contributed by atoms with Gasteiger partial charge in [-0.05, 0) is 32.2 Å². The molecule has 0 spiro atoms. The van der Waals surface area contributed by atoms with Crippen molar-refractivity contribution in [2.45, 2.75) is 22.8 Å². The van der Waals surface area contributed by atoms with Crippen LogP contribution in [0.15, 0.2) is 52.4 Å². The summed E-state index contributed by atoms with van der Waals surface area (Å²) in [6.45, 7) is 2.02. The third-order valence-corrected chi connectivity index (χ3v) is 3.97. The number of nitro benzene ring substituents is 1. The van der Waals surface area contributed by atoms with Crippen LogP contribution in [0.1, 0.15) is 18.7 Å². The molecular formula is C14H15N3O2S. The highest BCUT2D eigenvalue weighted by molar-refractivity contribution is 7.99. The van der Waals surface area contributed by atoms with E-state index in [-0.39, 0.29) is 16.7 Å². The predicted molar refractivity (Wildman–Crippen MR) is 78.9 cm³/mol. The van der Waals surface area contributed by atoms with Gasteiger partial charge in [-0.25, -0.2) is 0 Å². The minimum absolute atomic E-state index is 0.116. The lowest BCUT2D eigenvalue weighted by atomic mass is 10.2.